The standard InChI is InChI=1S/C16H21N5O4/c1-24-9-14-18-15(25-21-14)6-7-17-16(23)13-8-12(19-20-13)10-2-4-11(22)5-3-10/h2-5,12-13,19-20,22H,6-9H2,1H3,(H,17,23). The van der Waals surface area contributed by atoms with E-state index in [0.717, 1.165) is 5.56 Å². The third kappa shape index (κ3) is 4.53. The molecule has 4 N–H and O–H groups in total. The Bertz CT molecular complexity index is 703. The molecule has 0 radical (unpaired) electrons. The molecule has 9 nitrogen and oxygen atoms in total. The number of rotatable bonds is 7. The second-order valence-electron chi connectivity index (χ2n) is 5.80. The van der Waals surface area contributed by atoms with Crippen LogP contribution in [0.4, 0.5) is 0 Å². The van der Waals surface area contributed by atoms with Crippen molar-refractivity contribution >= 4 is 5.91 Å². The fourth-order valence-corrected chi connectivity index (χ4v) is 2.65. The number of amides is 1. The van der Waals surface area contributed by atoms with E-state index in [1.165, 1.54) is 0 Å². The second-order valence-corrected chi connectivity index (χ2v) is 5.80. The lowest BCUT2D eigenvalue weighted by atomic mass is 10.0. The number of aromatic hydroxyl groups is 1. The number of benzene rings is 1. The van der Waals surface area contributed by atoms with E-state index in [9.17, 15) is 9.90 Å². The minimum Gasteiger partial charge on any atom is -0.508 e. The fourth-order valence-electron chi connectivity index (χ4n) is 2.65. The zero-order valence-electron chi connectivity index (χ0n) is 13.9. The van der Waals surface area contributed by atoms with Crippen LogP contribution in [0, 0.1) is 0 Å². The van der Waals surface area contributed by atoms with E-state index in [0.29, 0.717) is 37.7 Å². The van der Waals surface area contributed by atoms with Crippen LogP contribution < -0.4 is 16.2 Å². The van der Waals surface area contributed by atoms with Crippen LogP contribution in [0.1, 0.15) is 29.7 Å². The van der Waals surface area contributed by atoms with E-state index in [1.54, 1.807) is 19.2 Å². The summed E-state index contributed by atoms with van der Waals surface area (Å²) in [5.74, 6) is 1.08. The minimum absolute atomic E-state index is 0.0175. The molecule has 9 heteroatoms. The van der Waals surface area contributed by atoms with Gasteiger partial charge in [0.25, 0.3) is 0 Å². The van der Waals surface area contributed by atoms with E-state index in [1.807, 2.05) is 12.1 Å². The molecule has 1 aromatic carbocycles. The van der Waals surface area contributed by atoms with Crippen LogP contribution in [0.5, 0.6) is 5.75 Å². The van der Waals surface area contributed by atoms with Crippen molar-refractivity contribution in [3.8, 4) is 5.75 Å². The fraction of sp³-hybridized carbons (Fsp3) is 0.438. The highest BCUT2D eigenvalue weighted by Crippen LogP contribution is 2.23. The number of nitrogens with one attached hydrogen (secondary N) is 3. The summed E-state index contributed by atoms with van der Waals surface area (Å²) in [7, 11) is 1.56. The molecule has 25 heavy (non-hydrogen) atoms. The summed E-state index contributed by atoms with van der Waals surface area (Å²) < 4.78 is 9.99. The molecule has 2 aromatic rings. The predicted molar refractivity (Wildman–Crippen MR) is 87.2 cm³/mol. The number of phenols is 1. The highest BCUT2D eigenvalue weighted by molar-refractivity contribution is 5.82. The number of hydrogen-bond acceptors (Lipinski definition) is 8. The SMILES string of the molecule is COCc1noc(CCNC(=O)C2CC(c3ccc(O)cc3)NN2)n1. The summed E-state index contributed by atoms with van der Waals surface area (Å²) in [5, 5.41) is 16.0. The number of methoxy groups -OCH3 is 1. The van der Waals surface area contributed by atoms with Crippen molar-refractivity contribution in [3.05, 3.63) is 41.5 Å². The van der Waals surface area contributed by atoms with Crippen LogP contribution in [-0.4, -0.2) is 40.9 Å². The number of ether oxygens (including phenoxy) is 1. The number of hydrogen-bond donors (Lipinski definition) is 4. The van der Waals surface area contributed by atoms with Gasteiger partial charge in [-0.2, -0.15) is 4.98 Å². The van der Waals surface area contributed by atoms with Crippen molar-refractivity contribution in [2.45, 2.75) is 31.5 Å². The summed E-state index contributed by atoms with van der Waals surface area (Å²) in [6.45, 7) is 0.710. The van der Waals surface area contributed by atoms with Gasteiger partial charge in [-0.3, -0.25) is 4.79 Å². The Hall–Kier alpha value is -2.49. The zero-order valence-corrected chi connectivity index (χ0v) is 13.9. The molecular formula is C16H21N5O4. The lowest BCUT2D eigenvalue weighted by Gasteiger charge is -2.10. The van der Waals surface area contributed by atoms with Gasteiger partial charge >= 0.3 is 0 Å². The molecule has 1 amide bonds. The normalized spacial score (nSPS) is 19.9. The third-order valence-electron chi connectivity index (χ3n) is 3.94. The van der Waals surface area contributed by atoms with Gasteiger partial charge in [-0.15, -0.1) is 0 Å². The van der Waals surface area contributed by atoms with Gasteiger partial charge in [0.15, 0.2) is 5.82 Å². The average Bonchev–Trinajstić information content (AvgIpc) is 3.26. The molecule has 1 aliphatic rings. The Morgan fingerprint density at radius 2 is 2.20 bits per heavy atom. The maximum atomic E-state index is 12.2. The monoisotopic (exact) mass is 347 g/mol. The van der Waals surface area contributed by atoms with Gasteiger partial charge in [0, 0.05) is 26.1 Å². The third-order valence-corrected chi connectivity index (χ3v) is 3.94. The topological polar surface area (TPSA) is 122 Å². The lowest BCUT2D eigenvalue weighted by molar-refractivity contribution is -0.122. The summed E-state index contributed by atoms with van der Waals surface area (Å²) in [6, 6.07) is 6.62. The van der Waals surface area contributed by atoms with Crippen LogP contribution in [0.15, 0.2) is 28.8 Å². The van der Waals surface area contributed by atoms with E-state index < -0.39 is 0 Å². The number of aromatic nitrogens is 2. The molecule has 1 saturated heterocycles. The number of hydrazine groups is 1. The van der Waals surface area contributed by atoms with E-state index in [2.05, 4.69) is 26.3 Å². The quantitative estimate of drug-likeness (QED) is 0.560. The second kappa shape index (κ2) is 8.06. The Morgan fingerprint density at radius 3 is 2.96 bits per heavy atom. The van der Waals surface area contributed by atoms with Crippen LogP contribution in [-0.2, 0) is 22.6 Å². The van der Waals surface area contributed by atoms with Crippen LogP contribution >= 0.6 is 0 Å². The van der Waals surface area contributed by atoms with Crippen molar-refractivity contribution in [3.63, 3.8) is 0 Å². The van der Waals surface area contributed by atoms with Crippen molar-refractivity contribution in [1.29, 1.82) is 0 Å². The molecular weight excluding hydrogens is 326 g/mol. The predicted octanol–water partition coefficient (Wildman–Crippen LogP) is 0.188. The van der Waals surface area contributed by atoms with Gasteiger partial charge in [-0.05, 0) is 24.1 Å². The highest BCUT2D eigenvalue weighted by atomic mass is 16.5. The first-order chi connectivity index (χ1) is 12.2. The minimum atomic E-state index is -0.328. The molecule has 1 aliphatic heterocycles. The Balaban J connectivity index is 1.43. The summed E-state index contributed by atoms with van der Waals surface area (Å²) in [5.41, 5.74) is 7.11. The molecule has 1 fully saturated rings. The molecule has 0 aliphatic carbocycles. The first-order valence-electron chi connectivity index (χ1n) is 8.04. The Kier molecular flexibility index (Phi) is 5.59. The smallest absolute Gasteiger partial charge is 0.238 e. The van der Waals surface area contributed by atoms with Gasteiger partial charge in [-0.1, -0.05) is 17.3 Å². The van der Waals surface area contributed by atoms with Crippen LogP contribution in [0.2, 0.25) is 0 Å². The number of phenolic OH excluding ortho intramolecular Hbond substituents is 1. The van der Waals surface area contributed by atoms with Crippen molar-refractivity contribution in [2.75, 3.05) is 13.7 Å². The molecule has 0 bridgehead atoms. The summed E-state index contributed by atoms with van der Waals surface area (Å²) in [6.07, 6.45) is 1.08. The van der Waals surface area contributed by atoms with Gasteiger partial charge < -0.3 is 19.7 Å². The largest absolute Gasteiger partial charge is 0.508 e. The Labute approximate surface area is 144 Å². The highest BCUT2D eigenvalue weighted by Gasteiger charge is 2.29. The molecule has 3 rings (SSSR count). The molecule has 2 atom stereocenters. The Morgan fingerprint density at radius 1 is 1.40 bits per heavy atom. The zero-order chi connectivity index (χ0) is 17.6. The molecule has 0 saturated carbocycles. The summed E-state index contributed by atoms with van der Waals surface area (Å²) in [4.78, 5) is 16.4. The molecule has 1 aromatic heterocycles. The maximum absolute atomic E-state index is 12.2. The maximum Gasteiger partial charge on any atom is 0.238 e. The van der Waals surface area contributed by atoms with Gasteiger partial charge in [0.2, 0.25) is 11.8 Å². The van der Waals surface area contributed by atoms with Crippen LogP contribution in [0.3, 0.4) is 0 Å². The van der Waals surface area contributed by atoms with E-state index in [4.69, 9.17) is 9.26 Å². The first kappa shape index (κ1) is 17.3. The first-order valence-corrected chi connectivity index (χ1v) is 8.04. The molecule has 134 valence electrons. The molecule has 0 spiro atoms. The average molecular weight is 347 g/mol. The van der Waals surface area contributed by atoms with Gasteiger partial charge in [-0.25, -0.2) is 10.9 Å². The molecule has 2 heterocycles. The van der Waals surface area contributed by atoms with Crippen molar-refractivity contribution in [2.24, 2.45) is 0 Å². The van der Waals surface area contributed by atoms with Gasteiger partial charge in [0.1, 0.15) is 18.4 Å². The molecule has 2 unspecified atom stereocenters. The van der Waals surface area contributed by atoms with E-state index in [-0.39, 0.29) is 23.7 Å². The number of carbonyl (C=O) groups is 1. The summed E-state index contributed by atoms with van der Waals surface area (Å²) >= 11 is 0. The van der Waals surface area contributed by atoms with Crippen molar-refractivity contribution < 1.29 is 19.2 Å². The number of nitrogens with zero attached hydrogens (tertiary/aromatic N) is 2. The van der Waals surface area contributed by atoms with Gasteiger partial charge in [0.05, 0.1) is 0 Å². The number of carbonyl (C=O) groups excluding carboxylic acids is 1. The lowest BCUT2D eigenvalue weighted by Crippen LogP contribution is -2.43. The van der Waals surface area contributed by atoms with Crippen LogP contribution in [0.25, 0.3) is 0 Å². The van der Waals surface area contributed by atoms with E-state index >= 15 is 0 Å². The van der Waals surface area contributed by atoms with Crippen molar-refractivity contribution in [1.82, 2.24) is 26.3 Å².